The van der Waals surface area contributed by atoms with Crippen LogP contribution in [0, 0.1) is 17.0 Å². The summed E-state index contributed by atoms with van der Waals surface area (Å²) in [5, 5.41) is 11.1. The van der Waals surface area contributed by atoms with E-state index in [9.17, 15) is 23.3 Å². The van der Waals surface area contributed by atoms with Gasteiger partial charge in [0, 0.05) is 49.4 Å². The van der Waals surface area contributed by atoms with E-state index in [2.05, 4.69) is 0 Å². The Kier molecular flexibility index (Phi) is 6.46. The number of amides is 1. The van der Waals surface area contributed by atoms with Crippen molar-refractivity contribution in [2.45, 2.75) is 11.8 Å². The first-order chi connectivity index (χ1) is 14.7. The van der Waals surface area contributed by atoms with E-state index in [1.165, 1.54) is 59.8 Å². The number of benzene rings is 2. The van der Waals surface area contributed by atoms with Gasteiger partial charge in [-0.2, -0.15) is 4.31 Å². The Morgan fingerprint density at radius 1 is 1.00 bits per heavy atom. The van der Waals surface area contributed by atoms with Crippen LogP contribution in [0.4, 0.5) is 5.69 Å². The summed E-state index contributed by atoms with van der Waals surface area (Å²) in [6, 6.07) is 8.69. The van der Waals surface area contributed by atoms with Crippen LogP contribution in [0.3, 0.4) is 0 Å². The van der Waals surface area contributed by atoms with Crippen LogP contribution in [0.5, 0.6) is 11.5 Å². The monoisotopic (exact) mass is 449 g/mol. The lowest BCUT2D eigenvalue weighted by Gasteiger charge is -2.34. The van der Waals surface area contributed by atoms with E-state index in [1.54, 1.807) is 6.92 Å². The van der Waals surface area contributed by atoms with Crippen molar-refractivity contribution in [1.82, 2.24) is 9.21 Å². The number of carbonyl (C=O) groups excluding carboxylic acids is 1. The molecule has 31 heavy (non-hydrogen) atoms. The molecule has 0 aliphatic carbocycles. The summed E-state index contributed by atoms with van der Waals surface area (Å²) in [5.74, 6) is 0.355. The third kappa shape index (κ3) is 4.47. The number of hydrogen-bond acceptors (Lipinski definition) is 7. The quantitative estimate of drug-likeness (QED) is 0.489. The topological polar surface area (TPSA) is 119 Å². The maximum absolute atomic E-state index is 13.0. The predicted molar refractivity (Wildman–Crippen MR) is 112 cm³/mol. The molecule has 166 valence electrons. The molecule has 1 fully saturated rings. The molecule has 0 saturated carbocycles. The minimum Gasteiger partial charge on any atom is -0.493 e. The first kappa shape index (κ1) is 22.5. The number of rotatable bonds is 6. The number of piperazine rings is 1. The number of nitro benzene ring substituents is 1. The fourth-order valence-electron chi connectivity index (χ4n) is 3.38. The molecule has 0 atom stereocenters. The molecule has 2 aromatic rings. The van der Waals surface area contributed by atoms with E-state index in [0.29, 0.717) is 17.1 Å². The lowest BCUT2D eigenvalue weighted by molar-refractivity contribution is -0.385. The van der Waals surface area contributed by atoms with Gasteiger partial charge < -0.3 is 14.4 Å². The van der Waals surface area contributed by atoms with E-state index in [0.717, 1.165) is 0 Å². The number of carbonyl (C=O) groups is 1. The smallest absolute Gasteiger partial charge is 0.273 e. The second-order valence-electron chi connectivity index (χ2n) is 6.97. The van der Waals surface area contributed by atoms with Crippen molar-refractivity contribution in [3.63, 3.8) is 0 Å². The number of sulfonamides is 1. The van der Waals surface area contributed by atoms with Crippen LogP contribution in [0.15, 0.2) is 41.3 Å². The Morgan fingerprint density at radius 2 is 1.65 bits per heavy atom. The summed E-state index contributed by atoms with van der Waals surface area (Å²) < 4.78 is 37.6. The Hall–Kier alpha value is -3.18. The summed E-state index contributed by atoms with van der Waals surface area (Å²) in [6.45, 7) is 2.16. The van der Waals surface area contributed by atoms with Crippen LogP contribution in [0.1, 0.15) is 15.9 Å². The first-order valence-corrected chi connectivity index (χ1v) is 10.9. The van der Waals surface area contributed by atoms with Crippen LogP contribution in [0.2, 0.25) is 0 Å². The van der Waals surface area contributed by atoms with E-state index in [4.69, 9.17) is 9.47 Å². The molecule has 0 spiro atoms. The van der Waals surface area contributed by atoms with Crippen molar-refractivity contribution in [3.8, 4) is 11.5 Å². The lowest BCUT2D eigenvalue weighted by atomic mass is 10.1. The number of nitro groups is 1. The molecular formula is C20H23N3O7S. The molecule has 0 N–H and O–H groups in total. The fourth-order valence-corrected chi connectivity index (χ4v) is 4.82. The van der Waals surface area contributed by atoms with Crippen LogP contribution in [-0.2, 0) is 10.0 Å². The Morgan fingerprint density at radius 3 is 2.23 bits per heavy atom. The Labute approximate surface area is 180 Å². The average Bonchev–Trinajstić information content (AvgIpc) is 2.78. The van der Waals surface area contributed by atoms with Crippen LogP contribution in [0.25, 0.3) is 0 Å². The number of hydrogen-bond donors (Lipinski definition) is 0. The van der Waals surface area contributed by atoms with Crippen LogP contribution < -0.4 is 9.47 Å². The standard InChI is InChI=1S/C20H23N3O7S/c1-14-4-5-15(12-17(14)23(25)26)20(24)21-8-10-22(11-9-21)31(27,28)16-6-7-18(29-2)19(13-16)30-3/h4-7,12-13H,8-11H2,1-3H3. The van der Waals surface area contributed by atoms with Gasteiger partial charge in [-0.15, -0.1) is 0 Å². The molecule has 1 aliphatic heterocycles. The maximum atomic E-state index is 13.0. The molecule has 0 bridgehead atoms. The minimum absolute atomic E-state index is 0.0686. The summed E-state index contributed by atoms with van der Waals surface area (Å²) in [5.41, 5.74) is 0.543. The summed E-state index contributed by atoms with van der Waals surface area (Å²) >= 11 is 0. The van der Waals surface area contributed by atoms with Gasteiger partial charge >= 0.3 is 0 Å². The molecule has 3 rings (SSSR count). The van der Waals surface area contributed by atoms with Crippen molar-refractivity contribution in [2.75, 3.05) is 40.4 Å². The number of methoxy groups -OCH3 is 2. The van der Waals surface area contributed by atoms with Crippen molar-refractivity contribution < 1.29 is 27.6 Å². The van der Waals surface area contributed by atoms with Gasteiger partial charge in [0.1, 0.15) is 0 Å². The van der Waals surface area contributed by atoms with Crippen LogP contribution >= 0.6 is 0 Å². The van der Waals surface area contributed by atoms with E-state index in [1.807, 2.05) is 0 Å². The second-order valence-corrected chi connectivity index (χ2v) is 8.91. The highest BCUT2D eigenvalue weighted by Gasteiger charge is 2.31. The van der Waals surface area contributed by atoms with Gasteiger partial charge in [-0.3, -0.25) is 14.9 Å². The largest absolute Gasteiger partial charge is 0.493 e. The summed E-state index contributed by atoms with van der Waals surface area (Å²) in [6.07, 6.45) is 0. The molecule has 0 aromatic heterocycles. The van der Waals surface area contributed by atoms with Gasteiger partial charge in [0.25, 0.3) is 11.6 Å². The Balaban J connectivity index is 1.74. The lowest BCUT2D eigenvalue weighted by Crippen LogP contribution is -2.50. The third-order valence-electron chi connectivity index (χ3n) is 5.17. The molecule has 10 nitrogen and oxygen atoms in total. The zero-order valence-electron chi connectivity index (χ0n) is 17.4. The SMILES string of the molecule is COc1ccc(S(=O)(=O)N2CCN(C(=O)c3ccc(C)c([N+](=O)[O-])c3)CC2)cc1OC. The number of aryl methyl sites for hydroxylation is 1. The third-order valence-corrected chi connectivity index (χ3v) is 7.07. The van der Waals surface area contributed by atoms with Gasteiger partial charge in [-0.05, 0) is 25.1 Å². The zero-order chi connectivity index (χ0) is 22.8. The molecular weight excluding hydrogens is 426 g/mol. The van der Waals surface area contributed by atoms with Gasteiger partial charge in [0.2, 0.25) is 10.0 Å². The van der Waals surface area contributed by atoms with Gasteiger partial charge in [-0.25, -0.2) is 8.42 Å². The fraction of sp³-hybridized carbons (Fsp3) is 0.350. The maximum Gasteiger partial charge on any atom is 0.273 e. The second kappa shape index (κ2) is 8.90. The van der Waals surface area contributed by atoms with Crippen molar-refractivity contribution in [2.24, 2.45) is 0 Å². The average molecular weight is 449 g/mol. The van der Waals surface area contributed by atoms with Crippen LogP contribution in [-0.4, -0.2) is 68.9 Å². The first-order valence-electron chi connectivity index (χ1n) is 9.45. The molecule has 11 heteroatoms. The van der Waals surface area contributed by atoms with Gasteiger partial charge in [0.15, 0.2) is 11.5 Å². The van der Waals surface area contributed by atoms with Crippen molar-refractivity contribution in [3.05, 3.63) is 57.6 Å². The Bertz CT molecular complexity index is 1110. The molecule has 1 amide bonds. The minimum atomic E-state index is -3.79. The molecule has 2 aromatic carbocycles. The number of ether oxygens (including phenoxy) is 2. The highest BCUT2D eigenvalue weighted by atomic mass is 32.2. The van der Waals surface area contributed by atoms with Crippen molar-refractivity contribution >= 4 is 21.6 Å². The van der Waals surface area contributed by atoms with Gasteiger partial charge in [-0.1, -0.05) is 6.07 Å². The highest BCUT2D eigenvalue weighted by molar-refractivity contribution is 7.89. The summed E-state index contributed by atoms with van der Waals surface area (Å²) in [7, 11) is -0.899. The number of nitrogens with zero attached hydrogens (tertiary/aromatic N) is 3. The molecule has 1 saturated heterocycles. The molecule has 0 radical (unpaired) electrons. The van der Waals surface area contributed by atoms with Crippen molar-refractivity contribution in [1.29, 1.82) is 0 Å². The highest BCUT2D eigenvalue weighted by Crippen LogP contribution is 2.31. The van der Waals surface area contributed by atoms with E-state index < -0.39 is 14.9 Å². The molecule has 1 aliphatic rings. The van der Waals surface area contributed by atoms with E-state index >= 15 is 0 Å². The van der Waals surface area contributed by atoms with Gasteiger partial charge in [0.05, 0.1) is 24.0 Å². The molecule has 0 unspecified atom stereocenters. The zero-order valence-corrected chi connectivity index (χ0v) is 18.2. The normalized spacial score (nSPS) is 14.9. The predicted octanol–water partition coefficient (Wildman–Crippen LogP) is 2.07. The molecule has 1 heterocycles. The van der Waals surface area contributed by atoms with E-state index in [-0.39, 0.29) is 48.2 Å². The summed E-state index contributed by atoms with van der Waals surface area (Å²) in [4.78, 5) is 24.9.